The number of aliphatic hydroxyl groups is 1. The van der Waals surface area contributed by atoms with Crippen molar-refractivity contribution in [2.75, 3.05) is 26.2 Å². The number of ether oxygens (including phenoxy) is 1. The number of hydrogen-bond acceptors (Lipinski definition) is 3. The Morgan fingerprint density at radius 1 is 1.20 bits per heavy atom. The number of para-hydroxylation sites is 1. The van der Waals surface area contributed by atoms with Gasteiger partial charge in [0.05, 0.1) is 16.1 Å². The third-order valence-electron chi connectivity index (χ3n) is 4.47. The zero-order valence-electron chi connectivity index (χ0n) is 11.3. The van der Waals surface area contributed by atoms with Gasteiger partial charge < -0.3 is 9.84 Å². The van der Waals surface area contributed by atoms with E-state index >= 15 is 0 Å². The van der Waals surface area contributed by atoms with E-state index in [1.807, 2.05) is 0 Å². The summed E-state index contributed by atoms with van der Waals surface area (Å²) in [6.07, 6.45) is 2.01. The topological polar surface area (TPSA) is 32.7 Å². The number of rotatable bonds is 4. The SMILES string of the molecule is OC1CCC2CN(CCOc3c(Cl)cccc3Cl)CC12. The second-order valence-corrected chi connectivity index (χ2v) is 6.54. The first kappa shape index (κ1) is 14.5. The van der Waals surface area contributed by atoms with Crippen LogP contribution in [0, 0.1) is 11.8 Å². The number of fused-ring (bicyclic) bond motifs is 1. The second kappa shape index (κ2) is 6.10. The molecule has 1 saturated carbocycles. The minimum Gasteiger partial charge on any atom is -0.489 e. The number of benzene rings is 1. The largest absolute Gasteiger partial charge is 0.489 e. The summed E-state index contributed by atoms with van der Waals surface area (Å²) in [6.45, 7) is 3.47. The lowest BCUT2D eigenvalue weighted by Gasteiger charge is -2.18. The normalized spacial score (nSPS) is 29.6. The molecule has 3 unspecified atom stereocenters. The van der Waals surface area contributed by atoms with Crippen LogP contribution in [0.15, 0.2) is 18.2 Å². The minimum atomic E-state index is -0.107. The molecule has 1 saturated heterocycles. The number of hydrogen-bond donors (Lipinski definition) is 1. The molecule has 0 spiro atoms. The van der Waals surface area contributed by atoms with Gasteiger partial charge in [0, 0.05) is 25.6 Å². The lowest BCUT2D eigenvalue weighted by molar-refractivity contribution is 0.122. The van der Waals surface area contributed by atoms with Crippen molar-refractivity contribution in [1.29, 1.82) is 0 Å². The molecule has 0 aromatic heterocycles. The third kappa shape index (κ3) is 2.91. The van der Waals surface area contributed by atoms with Crippen molar-refractivity contribution in [3.63, 3.8) is 0 Å². The Labute approximate surface area is 129 Å². The molecule has 110 valence electrons. The molecular weight excluding hydrogens is 297 g/mol. The van der Waals surface area contributed by atoms with Crippen LogP contribution < -0.4 is 4.74 Å². The molecule has 5 heteroatoms. The highest BCUT2D eigenvalue weighted by Gasteiger charge is 2.41. The summed E-state index contributed by atoms with van der Waals surface area (Å²) in [5, 5.41) is 11.0. The van der Waals surface area contributed by atoms with Crippen LogP contribution in [0.3, 0.4) is 0 Å². The highest BCUT2D eigenvalue weighted by atomic mass is 35.5. The molecule has 1 heterocycles. The van der Waals surface area contributed by atoms with Crippen molar-refractivity contribution in [3.05, 3.63) is 28.2 Å². The van der Waals surface area contributed by atoms with Crippen LogP contribution in [-0.4, -0.2) is 42.4 Å². The highest BCUT2D eigenvalue weighted by Crippen LogP contribution is 2.38. The van der Waals surface area contributed by atoms with E-state index in [1.54, 1.807) is 18.2 Å². The Morgan fingerprint density at radius 2 is 1.95 bits per heavy atom. The molecule has 1 aromatic carbocycles. The molecule has 0 bridgehead atoms. The summed E-state index contributed by atoms with van der Waals surface area (Å²) >= 11 is 12.1. The Bertz CT molecular complexity index is 463. The summed E-state index contributed by atoms with van der Waals surface area (Å²) in [6, 6.07) is 5.36. The van der Waals surface area contributed by atoms with Gasteiger partial charge in [-0.15, -0.1) is 0 Å². The van der Waals surface area contributed by atoms with Crippen molar-refractivity contribution in [1.82, 2.24) is 4.90 Å². The van der Waals surface area contributed by atoms with Gasteiger partial charge in [0.25, 0.3) is 0 Å². The Morgan fingerprint density at radius 3 is 2.65 bits per heavy atom. The van der Waals surface area contributed by atoms with Crippen LogP contribution in [0.2, 0.25) is 10.0 Å². The van der Waals surface area contributed by atoms with Gasteiger partial charge >= 0.3 is 0 Å². The van der Waals surface area contributed by atoms with Crippen molar-refractivity contribution in [2.45, 2.75) is 18.9 Å². The van der Waals surface area contributed by atoms with Gasteiger partial charge in [-0.3, -0.25) is 4.90 Å². The summed E-state index contributed by atoms with van der Waals surface area (Å²) in [5.41, 5.74) is 0. The zero-order chi connectivity index (χ0) is 14.1. The van der Waals surface area contributed by atoms with Crippen LogP contribution in [0.5, 0.6) is 5.75 Å². The maximum absolute atomic E-state index is 9.90. The first-order valence-electron chi connectivity index (χ1n) is 7.12. The quantitative estimate of drug-likeness (QED) is 0.926. The average Bonchev–Trinajstić information content (AvgIpc) is 2.96. The minimum absolute atomic E-state index is 0.107. The smallest absolute Gasteiger partial charge is 0.156 e. The van der Waals surface area contributed by atoms with Crippen molar-refractivity contribution in [2.24, 2.45) is 11.8 Å². The fourth-order valence-electron chi connectivity index (χ4n) is 3.41. The lowest BCUT2D eigenvalue weighted by atomic mass is 10.00. The van der Waals surface area contributed by atoms with Crippen LogP contribution in [0.1, 0.15) is 12.8 Å². The van der Waals surface area contributed by atoms with Crippen molar-refractivity contribution < 1.29 is 9.84 Å². The third-order valence-corrected chi connectivity index (χ3v) is 5.06. The zero-order valence-corrected chi connectivity index (χ0v) is 12.8. The fraction of sp³-hybridized carbons (Fsp3) is 0.600. The summed E-state index contributed by atoms with van der Waals surface area (Å²) in [5.74, 6) is 1.68. The number of aliphatic hydroxyl groups excluding tert-OH is 1. The van der Waals surface area contributed by atoms with E-state index in [0.29, 0.717) is 34.2 Å². The van der Waals surface area contributed by atoms with Gasteiger partial charge in [0.1, 0.15) is 6.61 Å². The maximum atomic E-state index is 9.90. The van der Waals surface area contributed by atoms with E-state index in [4.69, 9.17) is 27.9 Å². The lowest BCUT2D eigenvalue weighted by Crippen LogP contribution is -2.28. The molecule has 0 radical (unpaired) electrons. The van der Waals surface area contributed by atoms with E-state index in [1.165, 1.54) is 0 Å². The van der Waals surface area contributed by atoms with Crippen LogP contribution in [-0.2, 0) is 0 Å². The molecule has 3 atom stereocenters. The Kier molecular flexibility index (Phi) is 4.41. The fourth-order valence-corrected chi connectivity index (χ4v) is 3.92. The highest BCUT2D eigenvalue weighted by molar-refractivity contribution is 6.37. The Hall–Kier alpha value is -0.480. The monoisotopic (exact) mass is 315 g/mol. The van der Waals surface area contributed by atoms with Crippen LogP contribution in [0.4, 0.5) is 0 Å². The Balaban J connectivity index is 1.49. The number of likely N-dealkylation sites (tertiary alicyclic amines) is 1. The molecule has 1 aromatic rings. The summed E-state index contributed by atoms with van der Waals surface area (Å²) in [7, 11) is 0. The first-order valence-corrected chi connectivity index (χ1v) is 7.88. The summed E-state index contributed by atoms with van der Waals surface area (Å²) < 4.78 is 5.71. The van der Waals surface area contributed by atoms with E-state index in [-0.39, 0.29) is 6.10 Å². The molecular formula is C15H19Cl2NO2. The molecule has 2 fully saturated rings. The molecule has 3 rings (SSSR count). The van der Waals surface area contributed by atoms with E-state index in [2.05, 4.69) is 4.90 Å². The molecule has 3 nitrogen and oxygen atoms in total. The average molecular weight is 316 g/mol. The molecule has 2 aliphatic rings. The van der Waals surface area contributed by atoms with Gasteiger partial charge in [0.15, 0.2) is 5.75 Å². The summed E-state index contributed by atoms with van der Waals surface area (Å²) in [4.78, 5) is 2.36. The van der Waals surface area contributed by atoms with Crippen molar-refractivity contribution in [3.8, 4) is 5.75 Å². The van der Waals surface area contributed by atoms with E-state index < -0.39 is 0 Å². The van der Waals surface area contributed by atoms with E-state index in [9.17, 15) is 5.11 Å². The van der Waals surface area contributed by atoms with Crippen molar-refractivity contribution >= 4 is 23.2 Å². The predicted octanol–water partition coefficient (Wildman–Crippen LogP) is 3.07. The second-order valence-electron chi connectivity index (χ2n) is 5.73. The van der Waals surface area contributed by atoms with Crippen LogP contribution >= 0.6 is 23.2 Å². The van der Waals surface area contributed by atoms with Gasteiger partial charge in [0.2, 0.25) is 0 Å². The molecule has 20 heavy (non-hydrogen) atoms. The van der Waals surface area contributed by atoms with Gasteiger partial charge in [-0.05, 0) is 30.9 Å². The van der Waals surface area contributed by atoms with Gasteiger partial charge in [-0.25, -0.2) is 0 Å². The predicted molar refractivity (Wildman–Crippen MR) is 80.6 cm³/mol. The molecule has 1 aliphatic carbocycles. The molecule has 1 N–H and O–H groups in total. The van der Waals surface area contributed by atoms with Crippen LogP contribution in [0.25, 0.3) is 0 Å². The number of nitrogens with zero attached hydrogens (tertiary/aromatic N) is 1. The van der Waals surface area contributed by atoms with Gasteiger partial charge in [-0.2, -0.15) is 0 Å². The first-order chi connectivity index (χ1) is 9.65. The number of halogens is 2. The molecule has 0 amide bonds. The standard InChI is InChI=1S/C15H19Cl2NO2/c16-12-2-1-3-13(17)15(12)20-7-6-18-8-10-4-5-14(19)11(10)9-18/h1-3,10-11,14,19H,4-9H2. The van der Waals surface area contributed by atoms with E-state index in [0.717, 1.165) is 32.5 Å². The molecule has 1 aliphatic heterocycles. The van der Waals surface area contributed by atoms with Gasteiger partial charge in [-0.1, -0.05) is 29.3 Å². The maximum Gasteiger partial charge on any atom is 0.156 e.